The Hall–Kier alpha value is -2.88. The van der Waals surface area contributed by atoms with Crippen LogP contribution in [0.3, 0.4) is 0 Å². The zero-order chi connectivity index (χ0) is 18.0. The Labute approximate surface area is 146 Å². The van der Waals surface area contributed by atoms with Gasteiger partial charge < -0.3 is 15.1 Å². The van der Waals surface area contributed by atoms with Crippen LogP contribution >= 0.6 is 0 Å². The van der Waals surface area contributed by atoms with Gasteiger partial charge in [-0.25, -0.2) is 0 Å². The molecular formula is C18H20N4O3. The molecule has 3 amide bonds. The monoisotopic (exact) mass is 340 g/mol. The minimum absolute atomic E-state index is 0.00666. The average Bonchev–Trinajstić information content (AvgIpc) is 3.16. The predicted octanol–water partition coefficient (Wildman–Crippen LogP) is 0.650. The van der Waals surface area contributed by atoms with E-state index in [9.17, 15) is 14.4 Å². The van der Waals surface area contributed by atoms with E-state index >= 15 is 0 Å². The number of anilines is 1. The van der Waals surface area contributed by atoms with Crippen molar-refractivity contribution in [3.05, 3.63) is 29.8 Å². The smallest absolute Gasteiger partial charge is 0.241 e. The van der Waals surface area contributed by atoms with Crippen LogP contribution < -0.4 is 10.2 Å². The Morgan fingerprint density at radius 3 is 2.88 bits per heavy atom. The predicted molar refractivity (Wildman–Crippen MR) is 90.4 cm³/mol. The molecule has 0 aromatic heterocycles. The highest BCUT2D eigenvalue weighted by Crippen LogP contribution is 2.41. The van der Waals surface area contributed by atoms with Gasteiger partial charge in [-0.1, -0.05) is 6.07 Å². The number of rotatable bonds is 3. The molecule has 2 aliphatic heterocycles. The highest BCUT2D eigenvalue weighted by atomic mass is 16.2. The molecule has 25 heavy (non-hydrogen) atoms. The first-order valence-corrected chi connectivity index (χ1v) is 8.25. The van der Waals surface area contributed by atoms with Gasteiger partial charge in [-0.2, -0.15) is 5.26 Å². The van der Waals surface area contributed by atoms with Crippen LogP contribution in [0.15, 0.2) is 24.3 Å². The van der Waals surface area contributed by atoms with E-state index in [4.69, 9.17) is 5.26 Å². The van der Waals surface area contributed by atoms with Gasteiger partial charge in [0.1, 0.15) is 0 Å². The van der Waals surface area contributed by atoms with Crippen molar-refractivity contribution in [3.8, 4) is 6.07 Å². The number of nitriles is 1. The van der Waals surface area contributed by atoms with Crippen molar-refractivity contribution in [1.29, 1.82) is 5.26 Å². The second kappa shape index (κ2) is 6.55. The molecule has 2 heterocycles. The molecule has 0 radical (unpaired) electrons. The molecule has 0 aliphatic carbocycles. The first kappa shape index (κ1) is 17.0. The average molecular weight is 340 g/mol. The van der Waals surface area contributed by atoms with Gasteiger partial charge in [0.05, 0.1) is 18.2 Å². The topological polar surface area (TPSA) is 93.5 Å². The third kappa shape index (κ3) is 3.48. The van der Waals surface area contributed by atoms with Crippen molar-refractivity contribution in [3.63, 3.8) is 0 Å². The van der Waals surface area contributed by atoms with Crippen LogP contribution in [-0.4, -0.2) is 48.8 Å². The molecule has 1 unspecified atom stereocenters. The van der Waals surface area contributed by atoms with Crippen LogP contribution in [0.4, 0.5) is 5.69 Å². The fraction of sp³-hybridized carbons (Fsp3) is 0.444. The maximum absolute atomic E-state index is 12.5. The first-order valence-electron chi connectivity index (χ1n) is 8.25. The van der Waals surface area contributed by atoms with Crippen molar-refractivity contribution in [1.82, 2.24) is 10.2 Å². The van der Waals surface area contributed by atoms with Crippen LogP contribution in [0.1, 0.15) is 25.3 Å². The maximum atomic E-state index is 12.5. The number of carbonyl (C=O) groups excluding carboxylic acids is 3. The van der Waals surface area contributed by atoms with Gasteiger partial charge in [0.25, 0.3) is 0 Å². The summed E-state index contributed by atoms with van der Waals surface area (Å²) in [5.74, 6) is -0.336. The van der Waals surface area contributed by atoms with Gasteiger partial charge in [-0.3, -0.25) is 14.4 Å². The number of nitrogens with zero attached hydrogens (tertiary/aromatic N) is 3. The van der Waals surface area contributed by atoms with Crippen LogP contribution in [0.25, 0.3) is 0 Å². The summed E-state index contributed by atoms with van der Waals surface area (Å²) in [7, 11) is 0. The molecule has 1 aromatic rings. The van der Waals surface area contributed by atoms with Gasteiger partial charge in [0.2, 0.25) is 17.7 Å². The van der Waals surface area contributed by atoms with E-state index in [1.54, 1.807) is 28.0 Å². The number of hydrogen-bond donors (Lipinski definition) is 1. The highest BCUT2D eigenvalue weighted by Gasteiger charge is 2.48. The molecular weight excluding hydrogens is 320 g/mol. The van der Waals surface area contributed by atoms with Crippen molar-refractivity contribution in [2.24, 2.45) is 5.41 Å². The van der Waals surface area contributed by atoms with Crippen LogP contribution in [0.2, 0.25) is 0 Å². The summed E-state index contributed by atoms with van der Waals surface area (Å²) >= 11 is 0. The van der Waals surface area contributed by atoms with Crippen molar-refractivity contribution in [2.75, 3.05) is 31.1 Å². The molecule has 1 aromatic carbocycles. The zero-order valence-corrected chi connectivity index (χ0v) is 14.1. The molecule has 1 spiro atoms. The van der Waals surface area contributed by atoms with E-state index in [0.717, 1.165) is 12.1 Å². The van der Waals surface area contributed by atoms with E-state index in [2.05, 4.69) is 11.4 Å². The molecule has 2 aliphatic rings. The molecule has 1 atom stereocenters. The Bertz CT molecular complexity index is 770. The number of nitrogens with one attached hydrogen (secondary N) is 1. The quantitative estimate of drug-likeness (QED) is 0.874. The molecule has 7 nitrogen and oxygen atoms in total. The minimum Gasteiger partial charge on any atom is -0.347 e. The summed E-state index contributed by atoms with van der Waals surface area (Å²) in [6.45, 7) is 3.03. The molecule has 0 bridgehead atoms. The summed E-state index contributed by atoms with van der Waals surface area (Å²) in [5.41, 5.74) is 1.000. The van der Waals surface area contributed by atoms with E-state index in [1.807, 2.05) is 6.07 Å². The second-order valence-electron chi connectivity index (χ2n) is 6.79. The fourth-order valence-corrected chi connectivity index (χ4v) is 3.61. The number of benzene rings is 1. The van der Waals surface area contributed by atoms with Gasteiger partial charge in [0.15, 0.2) is 0 Å². The van der Waals surface area contributed by atoms with Crippen molar-refractivity contribution < 1.29 is 14.4 Å². The summed E-state index contributed by atoms with van der Waals surface area (Å²) in [4.78, 5) is 39.1. The normalized spacial score (nSPS) is 22.3. The van der Waals surface area contributed by atoms with Crippen LogP contribution in [0.5, 0.6) is 0 Å². The zero-order valence-electron chi connectivity index (χ0n) is 14.1. The van der Waals surface area contributed by atoms with Gasteiger partial charge in [-0.05, 0) is 24.6 Å². The van der Waals surface area contributed by atoms with E-state index < -0.39 is 0 Å². The number of carbonyl (C=O) groups is 3. The molecule has 2 fully saturated rings. The van der Waals surface area contributed by atoms with Crippen molar-refractivity contribution >= 4 is 23.4 Å². The molecule has 1 N–H and O–H groups in total. The van der Waals surface area contributed by atoms with E-state index in [-0.39, 0.29) is 29.7 Å². The van der Waals surface area contributed by atoms with Crippen LogP contribution in [0, 0.1) is 16.7 Å². The molecule has 2 saturated heterocycles. The first-order chi connectivity index (χ1) is 11.9. The lowest BCUT2D eigenvalue weighted by Gasteiger charge is -2.24. The summed E-state index contributed by atoms with van der Waals surface area (Å²) in [6, 6.07) is 9.10. The van der Waals surface area contributed by atoms with E-state index in [1.165, 1.54) is 6.92 Å². The lowest BCUT2D eigenvalue weighted by molar-refractivity contribution is -0.132. The Kier molecular flexibility index (Phi) is 4.45. The van der Waals surface area contributed by atoms with Gasteiger partial charge in [-0.15, -0.1) is 0 Å². The van der Waals surface area contributed by atoms with Crippen molar-refractivity contribution in [2.45, 2.75) is 19.8 Å². The molecule has 0 saturated carbocycles. The Morgan fingerprint density at radius 2 is 2.16 bits per heavy atom. The third-order valence-electron chi connectivity index (χ3n) is 4.89. The third-order valence-corrected chi connectivity index (χ3v) is 4.89. The minimum atomic E-state index is -0.244. The Morgan fingerprint density at radius 1 is 1.36 bits per heavy atom. The summed E-state index contributed by atoms with van der Waals surface area (Å²) < 4.78 is 0. The standard InChI is InChI=1S/C18H20N4O3/c1-13(23)20-10-17(25)21-6-5-18(11-21)8-16(24)22(12-18)15-4-2-3-14(7-15)9-19/h2-4,7H,5-6,8,10-12H2,1H3,(H,20,23). The summed E-state index contributed by atoms with van der Waals surface area (Å²) in [5, 5.41) is 11.6. The fourth-order valence-electron chi connectivity index (χ4n) is 3.61. The van der Waals surface area contributed by atoms with Gasteiger partial charge >= 0.3 is 0 Å². The maximum Gasteiger partial charge on any atom is 0.241 e. The number of hydrogen-bond acceptors (Lipinski definition) is 4. The van der Waals surface area contributed by atoms with Crippen LogP contribution in [-0.2, 0) is 14.4 Å². The summed E-state index contributed by atoms with van der Waals surface area (Å²) in [6.07, 6.45) is 1.16. The van der Waals surface area contributed by atoms with E-state index in [0.29, 0.717) is 31.6 Å². The lowest BCUT2D eigenvalue weighted by Crippen LogP contribution is -2.40. The Balaban J connectivity index is 1.69. The largest absolute Gasteiger partial charge is 0.347 e. The number of likely N-dealkylation sites (tertiary alicyclic amines) is 1. The SMILES string of the molecule is CC(=O)NCC(=O)N1CCC2(CC(=O)N(c3cccc(C#N)c3)C2)C1. The lowest BCUT2D eigenvalue weighted by atomic mass is 9.86. The molecule has 130 valence electrons. The van der Waals surface area contributed by atoms with Gasteiger partial charge in [0, 0.05) is 44.1 Å². The highest BCUT2D eigenvalue weighted by molar-refractivity contribution is 5.96. The number of amides is 3. The molecule has 3 rings (SSSR count). The molecule has 7 heteroatoms. The second-order valence-corrected chi connectivity index (χ2v) is 6.79.